The van der Waals surface area contributed by atoms with E-state index >= 15 is 0 Å². The average molecular weight is 229 g/mol. The summed E-state index contributed by atoms with van der Waals surface area (Å²) in [6.45, 7) is 12.1. The molecule has 0 fully saturated rings. The van der Waals surface area contributed by atoms with E-state index in [0.29, 0.717) is 12.6 Å². The molecule has 5 heteroatoms. The van der Waals surface area contributed by atoms with Gasteiger partial charge in [0.2, 0.25) is 0 Å². The van der Waals surface area contributed by atoms with E-state index in [4.69, 9.17) is 4.74 Å². The minimum atomic E-state index is -0.967. The zero-order valence-corrected chi connectivity index (χ0v) is 11.3. The Kier molecular flexibility index (Phi) is 7.07. The highest BCUT2D eigenvalue weighted by atomic mass is 28.3. The third kappa shape index (κ3) is 11.1. The molecule has 88 valence electrons. The molecule has 0 bridgehead atoms. The van der Waals surface area contributed by atoms with E-state index in [2.05, 4.69) is 41.8 Å². The van der Waals surface area contributed by atoms with Crippen LogP contribution < -0.4 is 10.6 Å². The minimum Gasteiger partial charge on any atom is -0.362 e. The Morgan fingerprint density at radius 1 is 1.47 bits per heavy atom. The minimum absolute atomic E-state index is 0.494. The number of aliphatic imine (C=N–C) groups is 1. The first kappa shape index (κ1) is 14.2. The van der Waals surface area contributed by atoms with Gasteiger partial charge in [-0.25, -0.2) is 0 Å². The van der Waals surface area contributed by atoms with Gasteiger partial charge in [0.1, 0.15) is 6.73 Å². The summed E-state index contributed by atoms with van der Waals surface area (Å²) >= 11 is 0. The van der Waals surface area contributed by atoms with Crippen molar-refractivity contribution in [3.05, 3.63) is 12.4 Å². The summed E-state index contributed by atoms with van der Waals surface area (Å²) in [5.74, 6) is 0.702. The molecule has 15 heavy (non-hydrogen) atoms. The zero-order chi connectivity index (χ0) is 11.7. The molecule has 0 saturated heterocycles. The molecule has 0 aromatic carbocycles. The number of rotatable bonds is 8. The van der Waals surface area contributed by atoms with Crippen molar-refractivity contribution in [2.45, 2.75) is 25.7 Å². The fourth-order valence-electron chi connectivity index (χ4n) is 0.782. The first-order chi connectivity index (χ1) is 6.95. The second-order valence-electron chi connectivity index (χ2n) is 4.55. The Labute approximate surface area is 93.8 Å². The standard InChI is InChI=1S/C10H23N3OSi/c1-10(12-8-11-2)13-9-14-6-7-15(3,4)5/h8,13H,1,6-7,9H2,2-5H3,(H,11,12). The van der Waals surface area contributed by atoms with Crippen LogP contribution in [0.25, 0.3) is 0 Å². The molecule has 0 rings (SSSR count). The average Bonchev–Trinajstić information content (AvgIpc) is 2.12. The maximum atomic E-state index is 5.44. The highest BCUT2D eigenvalue weighted by molar-refractivity contribution is 6.76. The predicted octanol–water partition coefficient (Wildman–Crippen LogP) is 1.61. The van der Waals surface area contributed by atoms with E-state index in [1.165, 1.54) is 6.04 Å². The second-order valence-corrected chi connectivity index (χ2v) is 10.2. The number of ether oxygens (including phenoxy) is 1. The lowest BCUT2D eigenvalue weighted by atomic mass is 10.7. The van der Waals surface area contributed by atoms with Gasteiger partial charge in [-0.15, -0.1) is 0 Å². The van der Waals surface area contributed by atoms with Crippen LogP contribution in [0.3, 0.4) is 0 Å². The largest absolute Gasteiger partial charge is 0.362 e. The lowest BCUT2D eigenvalue weighted by molar-refractivity contribution is 0.134. The summed E-state index contributed by atoms with van der Waals surface area (Å²) in [5, 5.41) is 5.87. The van der Waals surface area contributed by atoms with E-state index in [-0.39, 0.29) is 0 Å². The highest BCUT2D eigenvalue weighted by Crippen LogP contribution is 2.06. The fraction of sp³-hybridized carbons (Fsp3) is 0.700. The van der Waals surface area contributed by atoms with Crippen molar-refractivity contribution in [1.82, 2.24) is 10.6 Å². The molecule has 0 aromatic rings. The normalized spacial score (nSPS) is 11.7. The monoisotopic (exact) mass is 229 g/mol. The van der Waals surface area contributed by atoms with Crippen LogP contribution in [0.5, 0.6) is 0 Å². The van der Waals surface area contributed by atoms with Crippen LogP contribution in [0.1, 0.15) is 0 Å². The van der Waals surface area contributed by atoms with Crippen LogP contribution >= 0.6 is 0 Å². The topological polar surface area (TPSA) is 45.7 Å². The fourth-order valence-corrected chi connectivity index (χ4v) is 1.54. The van der Waals surface area contributed by atoms with Crippen LogP contribution in [-0.4, -0.2) is 34.8 Å². The van der Waals surface area contributed by atoms with E-state index in [0.717, 1.165) is 6.61 Å². The molecule has 0 spiro atoms. The number of nitrogens with one attached hydrogen (secondary N) is 2. The Morgan fingerprint density at radius 3 is 2.67 bits per heavy atom. The van der Waals surface area contributed by atoms with Gasteiger partial charge in [-0.05, 0) is 6.04 Å². The first-order valence-electron chi connectivity index (χ1n) is 5.13. The molecule has 0 unspecified atom stereocenters. The molecule has 0 heterocycles. The summed E-state index contributed by atoms with van der Waals surface area (Å²) in [5.41, 5.74) is 0. The highest BCUT2D eigenvalue weighted by Gasteiger charge is 2.11. The van der Waals surface area contributed by atoms with Gasteiger partial charge in [0, 0.05) is 21.7 Å². The summed E-state index contributed by atoms with van der Waals surface area (Å²) < 4.78 is 5.44. The molecular formula is C10H23N3OSi. The molecule has 0 aliphatic carbocycles. The number of hydrogen-bond donors (Lipinski definition) is 2. The number of nitrogens with zero attached hydrogens (tertiary/aromatic N) is 1. The Balaban J connectivity index is 3.35. The lowest BCUT2D eigenvalue weighted by Gasteiger charge is -2.16. The maximum absolute atomic E-state index is 5.44. The summed E-state index contributed by atoms with van der Waals surface area (Å²) in [6, 6.07) is 1.19. The van der Waals surface area contributed by atoms with E-state index < -0.39 is 8.07 Å². The molecular weight excluding hydrogens is 206 g/mol. The van der Waals surface area contributed by atoms with Gasteiger partial charge in [0.05, 0.1) is 12.2 Å². The van der Waals surface area contributed by atoms with Gasteiger partial charge in [0.25, 0.3) is 0 Å². The quantitative estimate of drug-likeness (QED) is 0.218. The van der Waals surface area contributed by atoms with Crippen LogP contribution in [0.4, 0.5) is 0 Å². The van der Waals surface area contributed by atoms with Gasteiger partial charge in [-0.2, -0.15) is 0 Å². The molecule has 4 nitrogen and oxygen atoms in total. The van der Waals surface area contributed by atoms with Crippen molar-refractivity contribution >= 4 is 14.4 Å². The van der Waals surface area contributed by atoms with Gasteiger partial charge in [-0.3, -0.25) is 4.99 Å². The van der Waals surface area contributed by atoms with Crippen molar-refractivity contribution in [2.24, 2.45) is 4.99 Å². The van der Waals surface area contributed by atoms with Crippen molar-refractivity contribution in [3.63, 3.8) is 0 Å². The van der Waals surface area contributed by atoms with Crippen molar-refractivity contribution in [2.75, 3.05) is 20.4 Å². The maximum Gasteiger partial charge on any atom is 0.117 e. The zero-order valence-electron chi connectivity index (χ0n) is 10.3. The Hall–Kier alpha value is -0.813. The van der Waals surface area contributed by atoms with Gasteiger partial charge >= 0.3 is 0 Å². The van der Waals surface area contributed by atoms with E-state index in [1.807, 2.05) is 0 Å². The Bertz CT molecular complexity index is 211. The SMILES string of the molecule is C=C(NC=NC)NCOCC[Si](C)(C)C. The molecule has 0 aliphatic heterocycles. The van der Waals surface area contributed by atoms with Crippen molar-refractivity contribution in [1.29, 1.82) is 0 Å². The molecule has 2 N–H and O–H groups in total. The van der Waals surface area contributed by atoms with E-state index in [9.17, 15) is 0 Å². The van der Waals surface area contributed by atoms with Gasteiger partial charge in [-0.1, -0.05) is 26.2 Å². The predicted molar refractivity (Wildman–Crippen MR) is 68.8 cm³/mol. The molecule has 0 saturated carbocycles. The molecule has 0 amide bonds. The smallest absolute Gasteiger partial charge is 0.117 e. The van der Waals surface area contributed by atoms with Crippen molar-refractivity contribution < 1.29 is 4.74 Å². The van der Waals surface area contributed by atoms with Gasteiger partial charge < -0.3 is 15.4 Å². The van der Waals surface area contributed by atoms with Gasteiger partial charge in [0.15, 0.2) is 0 Å². The molecule has 0 atom stereocenters. The third-order valence-corrected chi connectivity index (χ3v) is 3.46. The summed E-state index contributed by atoms with van der Waals surface area (Å²) in [6.07, 6.45) is 1.58. The third-order valence-electron chi connectivity index (χ3n) is 1.75. The molecule has 0 aromatic heterocycles. The molecule has 0 radical (unpaired) electrons. The second kappa shape index (κ2) is 7.47. The van der Waals surface area contributed by atoms with Crippen LogP contribution in [0.2, 0.25) is 25.7 Å². The van der Waals surface area contributed by atoms with Crippen LogP contribution in [0, 0.1) is 0 Å². The van der Waals surface area contributed by atoms with Crippen LogP contribution in [0.15, 0.2) is 17.4 Å². The molecule has 0 aliphatic rings. The lowest BCUT2D eigenvalue weighted by Crippen LogP contribution is -2.28. The van der Waals surface area contributed by atoms with E-state index in [1.54, 1.807) is 13.4 Å². The Morgan fingerprint density at radius 2 is 2.13 bits per heavy atom. The van der Waals surface area contributed by atoms with Crippen molar-refractivity contribution in [3.8, 4) is 0 Å². The summed E-state index contributed by atoms with van der Waals surface area (Å²) in [7, 11) is 0.732. The first-order valence-corrected chi connectivity index (χ1v) is 8.84. The van der Waals surface area contributed by atoms with Crippen LogP contribution in [-0.2, 0) is 4.74 Å². The number of hydrogen-bond acceptors (Lipinski definition) is 3. The summed E-state index contributed by atoms with van der Waals surface area (Å²) in [4.78, 5) is 3.78.